The van der Waals surface area contributed by atoms with Gasteiger partial charge in [0.05, 0.1) is 17.6 Å². The molecule has 26 heavy (non-hydrogen) atoms. The molecule has 0 amide bonds. The fourth-order valence-corrected chi connectivity index (χ4v) is 4.24. The Bertz CT molecular complexity index is 669. The molecule has 146 valence electrons. The van der Waals surface area contributed by atoms with Crippen LogP contribution in [0, 0.1) is 5.92 Å². The lowest BCUT2D eigenvalue weighted by Gasteiger charge is -2.28. The highest BCUT2D eigenvalue weighted by molar-refractivity contribution is 7.89. The maximum Gasteiger partial charge on any atom is 0.332 e. The fourth-order valence-electron chi connectivity index (χ4n) is 3.07. The largest absolute Gasteiger partial charge is 0.464 e. The van der Waals surface area contributed by atoms with Crippen LogP contribution in [0.15, 0.2) is 29.2 Å². The van der Waals surface area contributed by atoms with Crippen LogP contribution in [0.2, 0.25) is 5.02 Å². The number of rotatable bonds is 9. The van der Waals surface area contributed by atoms with Crippen LogP contribution in [0.5, 0.6) is 0 Å². The second-order valence-corrected chi connectivity index (χ2v) is 8.60. The Morgan fingerprint density at radius 3 is 2.46 bits per heavy atom. The summed E-state index contributed by atoms with van der Waals surface area (Å²) < 4.78 is 37.5. The molecule has 6 nitrogen and oxygen atoms in total. The van der Waals surface area contributed by atoms with Gasteiger partial charge in [-0.15, -0.1) is 0 Å². The third kappa shape index (κ3) is 6.87. The van der Waals surface area contributed by atoms with Gasteiger partial charge in [-0.1, -0.05) is 11.6 Å². The average molecular weight is 404 g/mol. The molecule has 0 saturated heterocycles. The first-order valence-electron chi connectivity index (χ1n) is 8.93. The van der Waals surface area contributed by atoms with Crippen LogP contribution < -0.4 is 4.72 Å². The summed E-state index contributed by atoms with van der Waals surface area (Å²) in [5.74, 6) is 0.136. The Morgan fingerprint density at radius 2 is 1.85 bits per heavy atom. The lowest BCUT2D eigenvalue weighted by atomic mass is 9.85. The number of hydrogen-bond donors (Lipinski definition) is 1. The van der Waals surface area contributed by atoms with E-state index in [0.29, 0.717) is 24.1 Å². The lowest BCUT2D eigenvalue weighted by Crippen LogP contribution is -2.29. The first-order chi connectivity index (χ1) is 12.4. The number of hydrogen-bond acceptors (Lipinski definition) is 5. The molecule has 0 spiro atoms. The molecule has 1 fully saturated rings. The zero-order chi connectivity index (χ0) is 19.0. The van der Waals surface area contributed by atoms with Gasteiger partial charge in [-0.2, -0.15) is 0 Å². The average Bonchev–Trinajstić information content (AvgIpc) is 2.61. The van der Waals surface area contributed by atoms with E-state index in [0.717, 1.165) is 32.1 Å². The predicted molar refractivity (Wildman–Crippen MR) is 99.6 cm³/mol. The molecule has 1 aromatic rings. The summed E-state index contributed by atoms with van der Waals surface area (Å²) >= 11 is 5.78. The molecule has 0 aliphatic heterocycles. The summed E-state index contributed by atoms with van der Waals surface area (Å²) in [5, 5.41) is 0.505. The number of esters is 1. The minimum Gasteiger partial charge on any atom is -0.464 e. The molecule has 1 aromatic carbocycles. The van der Waals surface area contributed by atoms with Crippen molar-refractivity contribution >= 4 is 27.6 Å². The van der Waals surface area contributed by atoms with Crippen molar-refractivity contribution < 1.29 is 22.7 Å². The highest BCUT2D eigenvalue weighted by Crippen LogP contribution is 2.28. The van der Waals surface area contributed by atoms with Crippen molar-refractivity contribution in [2.45, 2.75) is 50.0 Å². The predicted octanol–water partition coefficient (Wildman–Crippen LogP) is 3.15. The third-order valence-corrected chi connectivity index (χ3v) is 6.23. The van der Waals surface area contributed by atoms with E-state index in [1.54, 1.807) is 19.1 Å². The SMILES string of the molecule is CCOC(=O)CO[C@H]1CC[C@H](CCNS(=O)(=O)c2ccc(Cl)cc2)CC1. The van der Waals surface area contributed by atoms with Gasteiger partial charge in [0.15, 0.2) is 0 Å². The first-order valence-corrected chi connectivity index (χ1v) is 10.8. The van der Waals surface area contributed by atoms with Crippen molar-refractivity contribution in [1.29, 1.82) is 0 Å². The summed E-state index contributed by atoms with van der Waals surface area (Å²) in [6.45, 7) is 2.54. The number of carbonyl (C=O) groups excluding carboxylic acids is 1. The number of halogens is 1. The molecule has 0 radical (unpaired) electrons. The van der Waals surface area contributed by atoms with E-state index in [1.807, 2.05) is 0 Å². The Hall–Kier alpha value is -1.15. The number of sulfonamides is 1. The standard InChI is InChI=1S/C18H26ClNO5S/c1-2-24-18(21)13-25-16-7-3-14(4-8-16)11-12-20-26(22,23)17-9-5-15(19)6-10-17/h5-6,9-10,14,16,20H,2-4,7-8,11-13H2,1H3/t14-,16-. The summed E-state index contributed by atoms with van der Waals surface area (Å²) in [6, 6.07) is 6.12. The molecule has 0 atom stereocenters. The Labute approximate surface area is 160 Å². The number of benzene rings is 1. The van der Waals surface area contributed by atoms with Crippen LogP contribution in [-0.4, -0.2) is 40.2 Å². The van der Waals surface area contributed by atoms with Crippen LogP contribution in [-0.2, 0) is 24.3 Å². The first kappa shape index (κ1) is 21.2. The van der Waals surface area contributed by atoms with Crippen molar-refractivity contribution in [3.63, 3.8) is 0 Å². The van der Waals surface area contributed by atoms with Crippen molar-refractivity contribution in [3.8, 4) is 0 Å². The molecule has 2 rings (SSSR count). The van der Waals surface area contributed by atoms with E-state index in [4.69, 9.17) is 21.1 Å². The number of carbonyl (C=O) groups is 1. The summed E-state index contributed by atoms with van der Waals surface area (Å²) in [5.41, 5.74) is 0. The van der Waals surface area contributed by atoms with Crippen molar-refractivity contribution in [2.75, 3.05) is 19.8 Å². The van der Waals surface area contributed by atoms with E-state index in [9.17, 15) is 13.2 Å². The van der Waals surface area contributed by atoms with Crippen molar-refractivity contribution in [1.82, 2.24) is 4.72 Å². The maximum absolute atomic E-state index is 12.2. The molecule has 1 aliphatic carbocycles. The van der Waals surface area contributed by atoms with Gasteiger partial charge in [0.2, 0.25) is 10.0 Å². The molecule has 0 aromatic heterocycles. The van der Waals surface area contributed by atoms with Crippen LogP contribution in [0.3, 0.4) is 0 Å². The molecule has 1 aliphatic rings. The van der Waals surface area contributed by atoms with Crippen LogP contribution in [0.1, 0.15) is 39.0 Å². The minimum absolute atomic E-state index is 0.00403. The lowest BCUT2D eigenvalue weighted by molar-refractivity contribution is -0.151. The monoisotopic (exact) mass is 403 g/mol. The summed E-state index contributed by atoms with van der Waals surface area (Å²) in [6.07, 6.45) is 4.58. The van der Waals surface area contributed by atoms with E-state index in [1.165, 1.54) is 12.1 Å². The van der Waals surface area contributed by atoms with Gasteiger partial charge in [-0.3, -0.25) is 0 Å². The van der Waals surface area contributed by atoms with Crippen molar-refractivity contribution in [3.05, 3.63) is 29.3 Å². The fraction of sp³-hybridized carbons (Fsp3) is 0.611. The number of ether oxygens (including phenoxy) is 2. The van der Waals surface area contributed by atoms with Gasteiger partial charge in [0, 0.05) is 11.6 Å². The molecular formula is C18H26ClNO5S. The Balaban J connectivity index is 1.67. The summed E-state index contributed by atoms with van der Waals surface area (Å²) in [7, 11) is -3.50. The maximum atomic E-state index is 12.2. The molecule has 1 saturated carbocycles. The van der Waals surface area contributed by atoms with E-state index >= 15 is 0 Å². The molecule has 0 bridgehead atoms. The molecule has 1 N–H and O–H groups in total. The van der Waals surface area contributed by atoms with Gasteiger partial charge in [-0.05, 0) is 69.2 Å². The smallest absolute Gasteiger partial charge is 0.332 e. The topological polar surface area (TPSA) is 81.7 Å². The zero-order valence-electron chi connectivity index (χ0n) is 14.9. The molecule has 0 unspecified atom stereocenters. The molecular weight excluding hydrogens is 378 g/mol. The van der Waals surface area contributed by atoms with Gasteiger partial charge < -0.3 is 9.47 Å². The van der Waals surface area contributed by atoms with E-state index in [2.05, 4.69) is 4.72 Å². The van der Waals surface area contributed by atoms with Crippen LogP contribution >= 0.6 is 11.6 Å². The van der Waals surface area contributed by atoms with Crippen LogP contribution in [0.25, 0.3) is 0 Å². The quantitative estimate of drug-likeness (QED) is 0.640. The second-order valence-electron chi connectivity index (χ2n) is 6.40. The van der Waals surface area contributed by atoms with E-state index < -0.39 is 10.0 Å². The minimum atomic E-state index is -3.50. The second kappa shape index (κ2) is 10.3. The van der Waals surface area contributed by atoms with Crippen molar-refractivity contribution in [2.24, 2.45) is 5.92 Å². The third-order valence-electron chi connectivity index (χ3n) is 4.50. The van der Waals surface area contributed by atoms with Crippen LogP contribution in [0.4, 0.5) is 0 Å². The Kier molecular flexibility index (Phi) is 8.34. The summed E-state index contributed by atoms with van der Waals surface area (Å²) in [4.78, 5) is 11.5. The van der Waals surface area contributed by atoms with Gasteiger partial charge in [0.1, 0.15) is 6.61 Å². The molecule has 0 heterocycles. The Morgan fingerprint density at radius 1 is 1.19 bits per heavy atom. The molecule has 8 heteroatoms. The van der Waals surface area contributed by atoms with Gasteiger partial charge >= 0.3 is 5.97 Å². The zero-order valence-corrected chi connectivity index (χ0v) is 16.5. The van der Waals surface area contributed by atoms with Gasteiger partial charge in [0.25, 0.3) is 0 Å². The highest BCUT2D eigenvalue weighted by atomic mass is 35.5. The number of nitrogens with one attached hydrogen (secondary N) is 1. The van der Waals surface area contributed by atoms with Gasteiger partial charge in [-0.25, -0.2) is 17.9 Å². The normalized spacial score (nSPS) is 20.7. The highest BCUT2D eigenvalue weighted by Gasteiger charge is 2.23. The van der Waals surface area contributed by atoms with E-state index in [-0.39, 0.29) is 23.6 Å².